The van der Waals surface area contributed by atoms with E-state index in [0.29, 0.717) is 0 Å². The fourth-order valence-corrected chi connectivity index (χ4v) is 3.30. The zero-order valence-corrected chi connectivity index (χ0v) is 10.4. The molecule has 0 aliphatic carbocycles. The number of thiophene rings is 1. The van der Waals surface area contributed by atoms with Gasteiger partial charge in [0.2, 0.25) is 0 Å². The summed E-state index contributed by atoms with van der Waals surface area (Å²) < 4.78 is 7.07. The summed E-state index contributed by atoms with van der Waals surface area (Å²) in [7, 11) is 0. The molecular formula is C16H10OS. The molecule has 0 N–H and O–H groups in total. The third-order valence-electron chi connectivity index (χ3n) is 3.23. The summed E-state index contributed by atoms with van der Waals surface area (Å²) in [5, 5.41) is 5.78. The SMILES string of the molecule is c1ccc2c(-c3csc4ccccc34)occ2c1. The maximum atomic E-state index is 5.77. The van der Waals surface area contributed by atoms with Crippen LogP contribution in [-0.2, 0) is 0 Å². The maximum Gasteiger partial charge on any atom is 0.143 e. The van der Waals surface area contributed by atoms with Gasteiger partial charge in [0.05, 0.1) is 6.26 Å². The Kier molecular flexibility index (Phi) is 2.05. The summed E-state index contributed by atoms with van der Waals surface area (Å²) in [5.74, 6) is 0.975. The minimum atomic E-state index is 0.975. The highest BCUT2D eigenvalue weighted by atomic mass is 32.1. The van der Waals surface area contributed by atoms with E-state index in [1.54, 1.807) is 11.3 Å². The van der Waals surface area contributed by atoms with Gasteiger partial charge in [0.15, 0.2) is 0 Å². The molecule has 0 amide bonds. The second-order valence-corrected chi connectivity index (χ2v) is 5.21. The highest BCUT2D eigenvalue weighted by Crippen LogP contribution is 2.38. The average Bonchev–Trinajstić information content (AvgIpc) is 3.01. The Morgan fingerprint density at radius 1 is 0.833 bits per heavy atom. The molecule has 0 atom stereocenters. The summed E-state index contributed by atoms with van der Waals surface area (Å²) in [6.07, 6.45) is 1.83. The first-order valence-electron chi connectivity index (χ1n) is 5.86. The van der Waals surface area contributed by atoms with Crippen molar-refractivity contribution in [2.24, 2.45) is 0 Å². The van der Waals surface area contributed by atoms with Crippen LogP contribution in [0.15, 0.2) is 64.6 Å². The Morgan fingerprint density at radius 3 is 2.56 bits per heavy atom. The number of hydrogen-bond acceptors (Lipinski definition) is 2. The molecule has 0 aliphatic rings. The molecule has 2 heterocycles. The van der Waals surface area contributed by atoms with Crippen molar-refractivity contribution in [3.8, 4) is 11.3 Å². The lowest BCUT2D eigenvalue weighted by Gasteiger charge is -1.96. The van der Waals surface area contributed by atoms with Crippen molar-refractivity contribution in [1.29, 1.82) is 0 Å². The molecule has 0 spiro atoms. The first-order chi connectivity index (χ1) is 8.93. The van der Waals surface area contributed by atoms with Crippen molar-refractivity contribution in [3.63, 3.8) is 0 Å². The van der Waals surface area contributed by atoms with Crippen LogP contribution in [0.25, 0.3) is 32.2 Å². The lowest BCUT2D eigenvalue weighted by molar-refractivity contribution is 0.588. The number of benzene rings is 2. The Hall–Kier alpha value is -2.06. The molecule has 0 aliphatic heterocycles. The van der Waals surface area contributed by atoms with Crippen molar-refractivity contribution >= 4 is 32.2 Å². The van der Waals surface area contributed by atoms with Gasteiger partial charge in [0.1, 0.15) is 5.76 Å². The molecule has 2 aromatic heterocycles. The van der Waals surface area contributed by atoms with E-state index in [-0.39, 0.29) is 0 Å². The van der Waals surface area contributed by atoms with Crippen LogP contribution in [0.1, 0.15) is 0 Å². The van der Waals surface area contributed by atoms with Crippen molar-refractivity contribution in [3.05, 3.63) is 60.2 Å². The van der Waals surface area contributed by atoms with Crippen LogP contribution in [-0.4, -0.2) is 0 Å². The van der Waals surface area contributed by atoms with E-state index < -0.39 is 0 Å². The number of furan rings is 1. The fraction of sp³-hybridized carbons (Fsp3) is 0. The first-order valence-corrected chi connectivity index (χ1v) is 6.74. The van der Waals surface area contributed by atoms with Crippen LogP contribution >= 0.6 is 11.3 Å². The average molecular weight is 250 g/mol. The van der Waals surface area contributed by atoms with Gasteiger partial charge >= 0.3 is 0 Å². The number of rotatable bonds is 1. The molecular weight excluding hydrogens is 240 g/mol. The summed E-state index contributed by atoms with van der Waals surface area (Å²) in [6, 6.07) is 16.7. The molecule has 4 aromatic rings. The van der Waals surface area contributed by atoms with Gasteiger partial charge in [0.25, 0.3) is 0 Å². The molecule has 86 valence electrons. The van der Waals surface area contributed by atoms with E-state index in [4.69, 9.17) is 4.42 Å². The maximum absolute atomic E-state index is 5.77. The van der Waals surface area contributed by atoms with Crippen LogP contribution in [0.5, 0.6) is 0 Å². The molecule has 2 heteroatoms. The topological polar surface area (TPSA) is 13.1 Å². The Balaban J connectivity index is 2.08. The standard InChI is InChI=1S/C16H10OS/c1-2-6-12-11(5-1)9-17-16(12)14-10-18-15-8-4-3-7-13(14)15/h1-10H. The molecule has 0 fully saturated rings. The summed E-state index contributed by atoms with van der Waals surface area (Å²) >= 11 is 1.76. The summed E-state index contributed by atoms with van der Waals surface area (Å²) in [6.45, 7) is 0. The Morgan fingerprint density at radius 2 is 1.61 bits per heavy atom. The lowest BCUT2D eigenvalue weighted by Crippen LogP contribution is -1.72. The van der Waals surface area contributed by atoms with Crippen LogP contribution in [0.4, 0.5) is 0 Å². The van der Waals surface area contributed by atoms with Crippen LogP contribution in [0, 0.1) is 0 Å². The van der Waals surface area contributed by atoms with E-state index in [1.807, 2.05) is 12.3 Å². The molecule has 2 aromatic carbocycles. The summed E-state index contributed by atoms with van der Waals surface area (Å²) in [4.78, 5) is 0. The van der Waals surface area contributed by atoms with Crippen molar-refractivity contribution in [2.75, 3.05) is 0 Å². The van der Waals surface area contributed by atoms with Crippen LogP contribution in [0.2, 0.25) is 0 Å². The molecule has 18 heavy (non-hydrogen) atoms. The van der Waals surface area contributed by atoms with Gasteiger partial charge in [-0.2, -0.15) is 0 Å². The second kappa shape index (κ2) is 3.72. The number of hydrogen-bond donors (Lipinski definition) is 0. The van der Waals surface area contributed by atoms with Gasteiger partial charge < -0.3 is 4.42 Å². The number of fused-ring (bicyclic) bond motifs is 2. The lowest BCUT2D eigenvalue weighted by atomic mass is 10.1. The van der Waals surface area contributed by atoms with Gasteiger partial charge in [-0.1, -0.05) is 42.5 Å². The highest BCUT2D eigenvalue weighted by molar-refractivity contribution is 7.17. The third-order valence-corrected chi connectivity index (χ3v) is 4.20. The first kappa shape index (κ1) is 9.92. The van der Waals surface area contributed by atoms with Crippen LogP contribution < -0.4 is 0 Å². The molecule has 0 unspecified atom stereocenters. The van der Waals surface area contributed by atoms with Gasteiger partial charge in [-0.3, -0.25) is 0 Å². The predicted octanol–water partition coefficient (Wildman–Crippen LogP) is 5.31. The minimum absolute atomic E-state index is 0.975. The van der Waals surface area contributed by atoms with E-state index in [2.05, 4.69) is 47.8 Å². The Labute approximate surface area is 108 Å². The van der Waals surface area contributed by atoms with E-state index >= 15 is 0 Å². The van der Waals surface area contributed by atoms with E-state index in [9.17, 15) is 0 Å². The van der Waals surface area contributed by atoms with Crippen LogP contribution in [0.3, 0.4) is 0 Å². The molecule has 1 nitrogen and oxygen atoms in total. The van der Waals surface area contributed by atoms with Gasteiger partial charge in [-0.15, -0.1) is 11.3 Å². The Bertz CT molecular complexity index is 766. The third kappa shape index (κ3) is 1.33. The zero-order valence-electron chi connectivity index (χ0n) is 9.59. The molecule has 0 radical (unpaired) electrons. The quantitative estimate of drug-likeness (QED) is 0.446. The van der Waals surface area contributed by atoms with Crippen molar-refractivity contribution in [1.82, 2.24) is 0 Å². The normalized spacial score (nSPS) is 11.3. The zero-order chi connectivity index (χ0) is 11.9. The van der Waals surface area contributed by atoms with Crippen molar-refractivity contribution in [2.45, 2.75) is 0 Å². The van der Waals surface area contributed by atoms with Crippen molar-refractivity contribution < 1.29 is 4.42 Å². The minimum Gasteiger partial charge on any atom is -0.463 e. The smallest absolute Gasteiger partial charge is 0.143 e. The fourth-order valence-electron chi connectivity index (χ4n) is 2.35. The molecule has 0 saturated heterocycles. The highest BCUT2D eigenvalue weighted by Gasteiger charge is 2.12. The molecule has 4 rings (SSSR count). The molecule has 0 saturated carbocycles. The predicted molar refractivity (Wildman–Crippen MR) is 77.0 cm³/mol. The van der Waals surface area contributed by atoms with Gasteiger partial charge in [-0.05, 0) is 6.07 Å². The largest absolute Gasteiger partial charge is 0.463 e. The van der Waals surface area contributed by atoms with Gasteiger partial charge in [0, 0.05) is 31.8 Å². The van der Waals surface area contributed by atoms with E-state index in [1.165, 1.54) is 21.0 Å². The second-order valence-electron chi connectivity index (χ2n) is 4.30. The van der Waals surface area contributed by atoms with E-state index in [0.717, 1.165) is 11.1 Å². The summed E-state index contributed by atoms with van der Waals surface area (Å²) in [5.41, 5.74) is 1.19. The monoisotopic (exact) mass is 250 g/mol. The van der Waals surface area contributed by atoms with Gasteiger partial charge in [-0.25, -0.2) is 0 Å². The molecule has 0 bridgehead atoms.